The number of nitrogens with zero attached hydrogens (tertiary/aromatic N) is 3. The van der Waals surface area contributed by atoms with Crippen molar-refractivity contribution in [2.24, 2.45) is 0 Å². The van der Waals surface area contributed by atoms with E-state index in [9.17, 15) is 4.79 Å². The molecule has 108 valence electrons. The van der Waals surface area contributed by atoms with Gasteiger partial charge in [0.15, 0.2) is 0 Å². The van der Waals surface area contributed by atoms with Crippen molar-refractivity contribution in [2.75, 3.05) is 0 Å². The summed E-state index contributed by atoms with van der Waals surface area (Å²) >= 11 is 9.51. The fourth-order valence-corrected chi connectivity index (χ4v) is 3.13. The Morgan fingerprint density at radius 2 is 2.00 bits per heavy atom. The van der Waals surface area contributed by atoms with Crippen molar-refractivity contribution in [2.45, 2.75) is 0 Å². The third-order valence-corrected chi connectivity index (χ3v) is 4.27. The molecule has 0 unspecified atom stereocenters. The molecular formula is C16H9BrClN3O. The minimum atomic E-state index is -0.122. The third kappa shape index (κ3) is 1.97. The summed E-state index contributed by atoms with van der Waals surface area (Å²) in [6, 6.07) is 12.8. The minimum Gasteiger partial charge on any atom is -0.285 e. The second kappa shape index (κ2) is 4.97. The lowest BCUT2D eigenvalue weighted by atomic mass is 10.2. The molecule has 2 aromatic carbocycles. The highest BCUT2D eigenvalue weighted by atomic mass is 79.9. The second-order valence-corrected chi connectivity index (χ2v) is 6.23. The van der Waals surface area contributed by atoms with Gasteiger partial charge in [-0.1, -0.05) is 33.6 Å². The van der Waals surface area contributed by atoms with E-state index in [1.807, 2.05) is 40.9 Å². The minimum absolute atomic E-state index is 0.122. The monoisotopic (exact) mass is 373 g/mol. The summed E-state index contributed by atoms with van der Waals surface area (Å²) in [5.74, 6) is 0.554. The normalized spacial score (nSPS) is 11.4. The first-order chi connectivity index (χ1) is 10.6. The van der Waals surface area contributed by atoms with Crippen LogP contribution in [-0.2, 0) is 0 Å². The largest absolute Gasteiger partial charge is 0.285 e. The van der Waals surface area contributed by atoms with Crippen molar-refractivity contribution >= 4 is 44.2 Å². The maximum Gasteiger partial charge on any atom is 0.267 e. The molecule has 0 saturated carbocycles. The quantitative estimate of drug-likeness (QED) is 0.504. The smallest absolute Gasteiger partial charge is 0.267 e. The van der Waals surface area contributed by atoms with Crippen molar-refractivity contribution in [3.8, 4) is 5.69 Å². The summed E-state index contributed by atoms with van der Waals surface area (Å²) < 4.78 is 4.37. The average Bonchev–Trinajstić information content (AvgIpc) is 2.96. The van der Waals surface area contributed by atoms with Gasteiger partial charge >= 0.3 is 0 Å². The molecule has 2 heterocycles. The second-order valence-electron chi connectivity index (χ2n) is 4.88. The molecule has 0 fully saturated rings. The first kappa shape index (κ1) is 13.5. The van der Waals surface area contributed by atoms with Crippen LogP contribution < -0.4 is 5.56 Å². The van der Waals surface area contributed by atoms with E-state index in [2.05, 4.69) is 20.9 Å². The van der Waals surface area contributed by atoms with Gasteiger partial charge in [-0.3, -0.25) is 9.20 Å². The zero-order valence-corrected chi connectivity index (χ0v) is 13.5. The highest BCUT2D eigenvalue weighted by Crippen LogP contribution is 2.21. The fraction of sp³-hybridized carbons (Fsp3) is 0. The third-order valence-electron chi connectivity index (χ3n) is 3.54. The molecule has 0 atom stereocenters. The van der Waals surface area contributed by atoms with Crippen LogP contribution in [0.1, 0.15) is 0 Å². The topological polar surface area (TPSA) is 39.3 Å². The molecule has 0 aliphatic rings. The Morgan fingerprint density at radius 3 is 2.82 bits per heavy atom. The molecule has 0 saturated heterocycles. The van der Waals surface area contributed by atoms with Crippen LogP contribution in [0.15, 0.2) is 64.1 Å². The van der Waals surface area contributed by atoms with Crippen molar-refractivity contribution in [1.29, 1.82) is 0 Å². The average molecular weight is 375 g/mol. The number of hydrogen-bond donors (Lipinski definition) is 0. The lowest BCUT2D eigenvalue weighted by Crippen LogP contribution is -2.21. The molecule has 0 radical (unpaired) electrons. The molecule has 22 heavy (non-hydrogen) atoms. The number of hydrogen-bond acceptors (Lipinski definition) is 2. The number of imidazole rings is 1. The number of halogens is 2. The van der Waals surface area contributed by atoms with Crippen molar-refractivity contribution in [1.82, 2.24) is 14.0 Å². The summed E-state index contributed by atoms with van der Waals surface area (Å²) in [6.07, 6.45) is 3.51. The van der Waals surface area contributed by atoms with E-state index in [-0.39, 0.29) is 5.56 Å². The van der Waals surface area contributed by atoms with Gasteiger partial charge in [0.1, 0.15) is 0 Å². The summed E-state index contributed by atoms with van der Waals surface area (Å²) in [7, 11) is 0. The molecule has 4 nitrogen and oxygen atoms in total. The standard InChI is InChI=1S/C16H9BrClN3O/c17-10-4-5-13-14(8-10)20-7-6-19-16(20)21(15(13)22)12-3-1-2-11(18)9-12/h1-9H. The van der Waals surface area contributed by atoms with E-state index in [1.54, 1.807) is 22.9 Å². The molecule has 6 heteroatoms. The fourth-order valence-electron chi connectivity index (χ4n) is 2.59. The Kier molecular flexibility index (Phi) is 3.06. The molecular weight excluding hydrogens is 366 g/mol. The summed E-state index contributed by atoms with van der Waals surface area (Å²) in [6.45, 7) is 0. The van der Waals surface area contributed by atoms with E-state index in [0.717, 1.165) is 9.99 Å². The summed E-state index contributed by atoms with van der Waals surface area (Å²) in [4.78, 5) is 17.2. The highest BCUT2D eigenvalue weighted by Gasteiger charge is 2.13. The number of rotatable bonds is 1. The predicted molar refractivity (Wildman–Crippen MR) is 91.0 cm³/mol. The summed E-state index contributed by atoms with van der Waals surface area (Å²) in [5.41, 5.74) is 1.38. The molecule has 4 rings (SSSR count). The molecule has 0 N–H and O–H groups in total. The maximum absolute atomic E-state index is 12.9. The Hall–Kier alpha value is -2.11. The van der Waals surface area contributed by atoms with Gasteiger partial charge in [0.05, 0.1) is 16.6 Å². The number of aromatic nitrogens is 3. The lowest BCUT2D eigenvalue weighted by molar-refractivity contribution is 0.976. The van der Waals surface area contributed by atoms with Crippen LogP contribution in [0.3, 0.4) is 0 Å². The van der Waals surface area contributed by atoms with Crippen LogP contribution in [0.25, 0.3) is 22.4 Å². The van der Waals surface area contributed by atoms with Crippen LogP contribution in [-0.4, -0.2) is 14.0 Å². The summed E-state index contributed by atoms with van der Waals surface area (Å²) in [5, 5.41) is 1.19. The molecule has 0 aliphatic carbocycles. The first-order valence-electron chi connectivity index (χ1n) is 6.58. The van der Waals surface area contributed by atoms with E-state index >= 15 is 0 Å². The van der Waals surface area contributed by atoms with Gasteiger partial charge < -0.3 is 0 Å². The Morgan fingerprint density at radius 1 is 1.14 bits per heavy atom. The molecule has 0 aliphatic heterocycles. The Bertz CT molecular complexity index is 1080. The van der Waals surface area contributed by atoms with Crippen LogP contribution in [0.4, 0.5) is 0 Å². The zero-order chi connectivity index (χ0) is 15.3. The van der Waals surface area contributed by atoms with E-state index in [0.29, 0.717) is 21.9 Å². The van der Waals surface area contributed by atoms with Crippen LogP contribution in [0.5, 0.6) is 0 Å². The van der Waals surface area contributed by atoms with Crippen LogP contribution in [0, 0.1) is 0 Å². The Labute approximate surface area is 138 Å². The van der Waals surface area contributed by atoms with Gasteiger partial charge in [0.2, 0.25) is 5.78 Å². The van der Waals surface area contributed by atoms with E-state index < -0.39 is 0 Å². The molecule has 0 amide bonds. The van der Waals surface area contributed by atoms with Gasteiger partial charge in [-0.05, 0) is 36.4 Å². The zero-order valence-electron chi connectivity index (χ0n) is 11.2. The van der Waals surface area contributed by atoms with Crippen molar-refractivity contribution in [3.05, 3.63) is 74.7 Å². The first-order valence-corrected chi connectivity index (χ1v) is 7.75. The Balaban J connectivity index is 2.23. The molecule has 0 spiro atoms. The van der Waals surface area contributed by atoms with Crippen LogP contribution >= 0.6 is 27.5 Å². The SMILES string of the molecule is O=c1c2ccc(Br)cc2n2ccnc2n1-c1cccc(Cl)c1. The molecule has 0 bridgehead atoms. The van der Waals surface area contributed by atoms with Gasteiger partial charge in [0.25, 0.3) is 5.56 Å². The van der Waals surface area contributed by atoms with Gasteiger partial charge in [-0.25, -0.2) is 9.55 Å². The predicted octanol–water partition coefficient (Wildman–Crippen LogP) is 4.05. The number of fused-ring (bicyclic) bond motifs is 3. The van der Waals surface area contributed by atoms with E-state index in [4.69, 9.17) is 11.6 Å². The van der Waals surface area contributed by atoms with Gasteiger partial charge in [0, 0.05) is 21.9 Å². The molecule has 2 aromatic heterocycles. The van der Waals surface area contributed by atoms with Crippen molar-refractivity contribution < 1.29 is 0 Å². The maximum atomic E-state index is 12.9. The molecule has 4 aromatic rings. The van der Waals surface area contributed by atoms with Crippen molar-refractivity contribution in [3.63, 3.8) is 0 Å². The lowest BCUT2D eigenvalue weighted by Gasteiger charge is -2.11. The highest BCUT2D eigenvalue weighted by molar-refractivity contribution is 9.10. The number of benzene rings is 2. The van der Waals surface area contributed by atoms with Gasteiger partial charge in [-0.15, -0.1) is 0 Å². The van der Waals surface area contributed by atoms with E-state index in [1.165, 1.54) is 0 Å². The van der Waals surface area contributed by atoms with Crippen LogP contribution in [0.2, 0.25) is 5.02 Å². The van der Waals surface area contributed by atoms with Gasteiger partial charge in [-0.2, -0.15) is 0 Å².